The molecule has 0 bridgehead atoms. The molecule has 0 atom stereocenters. The Hall–Kier alpha value is -2.37. The number of aryl methyl sites for hydroxylation is 1. The van der Waals surface area contributed by atoms with Crippen molar-refractivity contribution < 1.29 is 22.5 Å². The van der Waals surface area contributed by atoms with Gasteiger partial charge in [0, 0.05) is 40.8 Å². The van der Waals surface area contributed by atoms with Gasteiger partial charge in [0.2, 0.25) is 15.9 Å². The second-order valence-electron chi connectivity index (χ2n) is 6.60. The lowest BCUT2D eigenvalue weighted by Gasteiger charge is -2.23. The number of amides is 1. The molecule has 12 heteroatoms. The number of thioether (sulfide) groups is 1. The van der Waals surface area contributed by atoms with Crippen molar-refractivity contribution in [1.29, 1.82) is 0 Å². The smallest absolute Gasteiger partial charge is 0.271 e. The molecule has 1 N–H and O–H groups in total. The molecule has 0 aliphatic heterocycles. The molecule has 168 valence electrons. The van der Waals surface area contributed by atoms with Gasteiger partial charge in [0.05, 0.1) is 16.9 Å². The van der Waals surface area contributed by atoms with Gasteiger partial charge in [-0.3, -0.25) is 19.2 Å². The van der Waals surface area contributed by atoms with Crippen LogP contribution in [-0.4, -0.2) is 44.3 Å². The number of anilines is 1. The number of non-ortho nitro benzene ring substituents is 1. The number of nitrogens with one attached hydrogen (secondary N) is 1. The van der Waals surface area contributed by atoms with Crippen molar-refractivity contribution in [3.63, 3.8) is 0 Å². The zero-order valence-electron chi connectivity index (χ0n) is 16.8. The van der Waals surface area contributed by atoms with E-state index >= 15 is 0 Å². The van der Waals surface area contributed by atoms with Crippen LogP contribution in [0.2, 0.25) is 5.02 Å². The highest BCUT2D eigenvalue weighted by Gasteiger charge is 2.24. The normalized spacial score (nSPS) is 11.2. The van der Waals surface area contributed by atoms with Crippen molar-refractivity contribution in [2.75, 3.05) is 29.4 Å². The summed E-state index contributed by atoms with van der Waals surface area (Å²) in [5.41, 5.74) is 0.638. The lowest BCUT2D eigenvalue weighted by Crippen LogP contribution is -2.41. The third-order valence-corrected chi connectivity index (χ3v) is 6.70. The van der Waals surface area contributed by atoms with Crippen LogP contribution in [0.4, 0.5) is 15.8 Å². The number of carbonyl (C=O) groups is 1. The van der Waals surface area contributed by atoms with Crippen molar-refractivity contribution in [2.24, 2.45) is 0 Å². The van der Waals surface area contributed by atoms with Gasteiger partial charge in [0.15, 0.2) is 0 Å². The standard InChI is InChI=1S/C19H21ClFN3O5S2/c1-13-6-7-14(24(26)27)10-18(13)23(31(2,28)29)11-19(25)22-8-9-30-12-15-16(20)4-3-5-17(15)21/h3-7,10H,8-9,11-12H2,1-2H3,(H,22,25). The molecule has 0 fully saturated rings. The SMILES string of the molecule is Cc1ccc([N+](=O)[O-])cc1N(CC(=O)NCCSCc1c(F)cccc1Cl)S(C)(=O)=O. The minimum Gasteiger partial charge on any atom is -0.354 e. The number of hydrogen-bond acceptors (Lipinski definition) is 6. The maximum absolute atomic E-state index is 13.7. The molecule has 0 saturated heterocycles. The van der Waals surface area contributed by atoms with Gasteiger partial charge in [-0.05, 0) is 24.6 Å². The molecular formula is C19H21ClFN3O5S2. The summed E-state index contributed by atoms with van der Waals surface area (Å²) in [5.74, 6) is -0.199. The number of sulfonamides is 1. The summed E-state index contributed by atoms with van der Waals surface area (Å²) >= 11 is 7.33. The highest BCUT2D eigenvalue weighted by molar-refractivity contribution is 7.98. The Bertz CT molecular complexity index is 1060. The molecule has 0 unspecified atom stereocenters. The molecule has 0 aliphatic rings. The first kappa shape index (κ1) is 24.9. The fourth-order valence-corrected chi connectivity index (χ4v) is 4.76. The number of nitro benzene ring substituents is 1. The largest absolute Gasteiger partial charge is 0.354 e. The first-order chi connectivity index (χ1) is 14.5. The summed E-state index contributed by atoms with van der Waals surface area (Å²) in [4.78, 5) is 22.7. The summed E-state index contributed by atoms with van der Waals surface area (Å²) < 4.78 is 39.0. The fraction of sp³-hybridized carbons (Fsp3) is 0.316. The maximum atomic E-state index is 13.7. The lowest BCUT2D eigenvalue weighted by atomic mass is 10.2. The van der Waals surface area contributed by atoms with Gasteiger partial charge in [-0.15, -0.1) is 0 Å². The Labute approximate surface area is 189 Å². The molecule has 2 aromatic rings. The Kier molecular flexibility index (Phi) is 8.66. The number of carbonyl (C=O) groups excluding carboxylic acids is 1. The van der Waals surface area contributed by atoms with E-state index in [1.165, 1.54) is 36.0 Å². The first-order valence-electron chi connectivity index (χ1n) is 9.00. The monoisotopic (exact) mass is 489 g/mol. The Morgan fingerprint density at radius 3 is 2.65 bits per heavy atom. The van der Waals surface area contributed by atoms with Crippen molar-refractivity contribution in [3.05, 3.63) is 68.5 Å². The fourth-order valence-electron chi connectivity index (χ4n) is 2.65. The van der Waals surface area contributed by atoms with Gasteiger partial charge in [-0.1, -0.05) is 23.7 Å². The number of nitrogens with zero attached hydrogens (tertiary/aromatic N) is 2. The number of hydrogen-bond donors (Lipinski definition) is 1. The van der Waals surface area contributed by atoms with Crippen LogP contribution < -0.4 is 9.62 Å². The van der Waals surface area contributed by atoms with Crippen LogP contribution in [-0.2, 0) is 20.6 Å². The maximum Gasteiger partial charge on any atom is 0.271 e. The van der Waals surface area contributed by atoms with Crippen molar-refractivity contribution >= 4 is 50.7 Å². The van der Waals surface area contributed by atoms with E-state index in [9.17, 15) is 27.7 Å². The molecule has 8 nitrogen and oxygen atoms in total. The van der Waals surface area contributed by atoms with E-state index in [4.69, 9.17) is 11.6 Å². The quantitative estimate of drug-likeness (QED) is 0.310. The average molecular weight is 490 g/mol. The third kappa shape index (κ3) is 7.08. The molecule has 0 heterocycles. The topological polar surface area (TPSA) is 110 Å². The summed E-state index contributed by atoms with van der Waals surface area (Å²) in [6.07, 6.45) is 0.923. The molecule has 0 aliphatic carbocycles. The van der Waals surface area contributed by atoms with Gasteiger partial charge >= 0.3 is 0 Å². The van der Waals surface area contributed by atoms with Crippen molar-refractivity contribution in [2.45, 2.75) is 12.7 Å². The second-order valence-corrected chi connectivity index (χ2v) is 10.0. The lowest BCUT2D eigenvalue weighted by molar-refractivity contribution is -0.384. The van der Waals surface area contributed by atoms with E-state index in [2.05, 4.69) is 5.32 Å². The molecular weight excluding hydrogens is 469 g/mol. The Morgan fingerprint density at radius 1 is 1.32 bits per heavy atom. The van der Waals surface area contributed by atoms with Crippen LogP contribution >= 0.6 is 23.4 Å². The van der Waals surface area contributed by atoms with E-state index in [-0.39, 0.29) is 17.9 Å². The Morgan fingerprint density at radius 2 is 2.03 bits per heavy atom. The zero-order valence-corrected chi connectivity index (χ0v) is 19.2. The third-order valence-electron chi connectivity index (χ3n) is 4.24. The zero-order chi connectivity index (χ0) is 23.2. The van der Waals surface area contributed by atoms with Crippen LogP contribution in [0.1, 0.15) is 11.1 Å². The van der Waals surface area contributed by atoms with Gasteiger partial charge in [0.1, 0.15) is 12.4 Å². The molecule has 2 rings (SSSR count). The summed E-state index contributed by atoms with van der Waals surface area (Å²) in [7, 11) is -3.87. The van der Waals surface area contributed by atoms with Crippen LogP contribution in [0.5, 0.6) is 0 Å². The van der Waals surface area contributed by atoms with E-state index in [1.54, 1.807) is 13.0 Å². The van der Waals surface area contributed by atoms with E-state index in [0.29, 0.717) is 27.7 Å². The van der Waals surface area contributed by atoms with Crippen molar-refractivity contribution in [3.8, 4) is 0 Å². The molecule has 0 saturated carbocycles. The number of benzene rings is 2. The predicted octanol–water partition coefficient (Wildman–Crippen LogP) is 3.51. The number of rotatable bonds is 10. The number of halogens is 2. The second kappa shape index (κ2) is 10.8. The molecule has 1 amide bonds. The average Bonchev–Trinajstić information content (AvgIpc) is 2.67. The highest BCUT2D eigenvalue weighted by atomic mass is 35.5. The van der Waals surface area contributed by atoms with Gasteiger partial charge in [-0.25, -0.2) is 12.8 Å². The molecule has 0 radical (unpaired) electrons. The van der Waals surface area contributed by atoms with E-state index in [0.717, 1.165) is 16.6 Å². The molecule has 2 aromatic carbocycles. The van der Waals surface area contributed by atoms with Crippen LogP contribution in [0.25, 0.3) is 0 Å². The Balaban J connectivity index is 1.97. The predicted molar refractivity (Wildman–Crippen MR) is 121 cm³/mol. The first-order valence-corrected chi connectivity index (χ1v) is 12.4. The summed E-state index contributed by atoms with van der Waals surface area (Å²) in [5, 5.41) is 14.0. The molecule has 0 aromatic heterocycles. The molecule has 0 spiro atoms. The minimum absolute atomic E-state index is 0.0652. The summed E-state index contributed by atoms with van der Waals surface area (Å²) in [6.45, 7) is 1.30. The van der Waals surface area contributed by atoms with Crippen LogP contribution in [0.3, 0.4) is 0 Å². The van der Waals surface area contributed by atoms with E-state index in [1.807, 2.05) is 0 Å². The van der Waals surface area contributed by atoms with Gasteiger partial charge in [0.25, 0.3) is 5.69 Å². The van der Waals surface area contributed by atoms with Crippen molar-refractivity contribution in [1.82, 2.24) is 5.32 Å². The molecule has 31 heavy (non-hydrogen) atoms. The summed E-state index contributed by atoms with van der Waals surface area (Å²) in [6, 6.07) is 8.24. The van der Waals surface area contributed by atoms with Gasteiger partial charge < -0.3 is 5.32 Å². The number of nitro groups is 1. The minimum atomic E-state index is -3.87. The van der Waals surface area contributed by atoms with Crippen LogP contribution in [0.15, 0.2) is 36.4 Å². The van der Waals surface area contributed by atoms with Gasteiger partial charge in [-0.2, -0.15) is 11.8 Å². The highest BCUT2D eigenvalue weighted by Crippen LogP contribution is 2.27. The van der Waals surface area contributed by atoms with Crippen LogP contribution in [0, 0.1) is 22.9 Å². The van der Waals surface area contributed by atoms with E-state index < -0.39 is 33.2 Å².